The van der Waals surface area contributed by atoms with Gasteiger partial charge in [-0.3, -0.25) is 0 Å². The van der Waals surface area contributed by atoms with Gasteiger partial charge < -0.3 is 5.32 Å². The number of nitrogens with zero attached hydrogens (tertiary/aromatic N) is 2. The van der Waals surface area contributed by atoms with Crippen LogP contribution in [0.1, 0.15) is 39.0 Å². The zero-order valence-corrected chi connectivity index (χ0v) is 13.3. The average molecular weight is 309 g/mol. The van der Waals surface area contributed by atoms with Gasteiger partial charge in [0.2, 0.25) is 10.0 Å². The molecule has 2 aliphatic rings. The van der Waals surface area contributed by atoms with Gasteiger partial charge in [0.25, 0.3) is 0 Å². The van der Waals surface area contributed by atoms with Crippen LogP contribution < -0.4 is 5.32 Å². The van der Waals surface area contributed by atoms with E-state index in [1.54, 1.807) is 22.6 Å². The zero-order valence-electron chi connectivity index (χ0n) is 12.5. The zero-order chi connectivity index (χ0) is 14.9. The first-order valence-corrected chi connectivity index (χ1v) is 9.27. The van der Waals surface area contributed by atoms with Crippen LogP contribution in [0.15, 0.2) is 23.2 Å². The monoisotopic (exact) mass is 309 g/mol. The van der Waals surface area contributed by atoms with E-state index in [4.69, 9.17) is 0 Å². The number of nitrogens with one attached hydrogen (secondary N) is 1. The number of aromatic nitrogens is 1. The number of anilines is 1. The number of sulfonamides is 1. The molecule has 0 atom stereocenters. The summed E-state index contributed by atoms with van der Waals surface area (Å²) in [5.41, 5.74) is 0. The third kappa shape index (κ3) is 3.55. The third-order valence-corrected chi connectivity index (χ3v) is 5.90. The third-order valence-electron chi connectivity index (χ3n) is 3.98. The van der Waals surface area contributed by atoms with E-state index in [1.807, 2.05) is 0 Å². The summed E-state index contributed by atoms with van der Waals surface area (Å²) < 4.78 is 27.5. The average Bonchev–Trinajstić information content (AvgIpc) is 3.36. The van der Waals surface area contributed by atoms with Gasteiger partial charge in [0.15, 0.2) is 0 Å². The molecule has 1 aromatic rings. The normalized spacial score (nSPS) is 19.0. The van der Waals surface area contributed by atoms with Crippen molar-refractivity contribution in [1.29, 1.82) is 0 Å². The minimum Gasteiger partial charge on any atom is -0.370 e. The lowest BCUT2D eigenvalue weighted by molar-refractivity contribution is 0.389. The van der Waals surface area contributed by atoms with Crippen molar-refractivity contribution in [3.05, 3.63) is 18.3 Å². The maximum Gasteiger partial charge on any atom is 0.243 e. The molecule has 6 heteroatoms. The van der Waals surface area contributed by atoms with Crippen molar-refractivity contribution in [3.8, 4) is 0 Å². The molecule has 1 N–H and O–H groups in total. The van der Waals surface area contributed by atoms with E-state index in [-0.39, 0.29) is 6.04 Å². The summed E-state index contributed by atoms with van der Waals surface area (Å²) in [5, 5.41) is 3.15. The number of rotatable bonds is 8. The van der Waals surface area contributed by atoms with E-state index in [1.165, 1.54) is 12.8 Å². The first kappa shape index (κ1) is 14.8. The molecule has 2 aliphatic carbocycles. The summed E-state index contributed by atoms with van der Waals surface area (Å²) in [4.78, 5) is 4.55. The molecule has 0 spiro atoms. The van der Waals surface area contributed by atoms with Gasteiger partial charge in [-0.2, -0.15) is 4.31 Å². The van der Waals surface area contributed by atoms with E-state index in [0.717, 1.165) is 25.8 Å². The highest BCUT2D eigenvalue weighted by Crippen LogP contribution is 2.38. The molecule has 0 aromatic carbocycles. The molecule has 0 saturated heterocycles. The van der Waals surface area contributed by atoms with Crippen molar-refractivity contribution in [2.24, 2.45) is 5.92 Å². The van der Waals surface area contributed by atoms with Crippen LogP contribution >= 0.6 is 0 Å². The summed E-state index contributed by atoms with van der Waals surface area (Å²) in [6.07, 6.45) is 6.88. The molecule has 1 aromatic heterocycles. The van der Waals surface area contributed by atoms with Gasteiger partial charge in [-0.25, -0.2) is 13.4 Å². The molecule has 0 bridgehead atoms. The molecule has 1 heterocycles. The fraction of sp³-hybridized carbons (Fsp3) is 0.667. The Kier molecular flexibility index (Phi) is 4.17. The highest BCUT2D eigenvalue weighted by Gasteiger charge is 2.41. The predicted octanol–water partition coefficient (Wildman–Crippen LogP) is 2.47. The molecule has 5 nitrogen and oxygen atoms in total. The Bertz CT molecular complexity index is 595. The second-order valence-electron chi connectivity index (χ2n) is 6.05. The minimum atomic E-state index is -3.39. The molecule has 0 unspecified atom stereocenters. The highest BCUT2D eigenvalue weighted by molar-refractivity contribution is 7.89. The van der Waals surface area contributed by atoms with Crippen LogP contribution in [0.25, 0.3) is 0 Å². The maximum atomic E-state index is 12.9. The summed E-state index contributed by atoms with van der Waals surface area (Å²) in [7, 11) is -3.39. The lowest BCUT2D eigenvalue weighted by atomic mass is 10.4. The van der Waals surface area contributed by atoms with Gasteiger partial charge in [-0.15, -0.1) is 0 Å². The van der Waals surface area contributed by atoms with Crippen LogP contribution in [-0.4, -0.2) is 36.8 Å². The van der Waals surface area contributed by atoms with Gasteiger partial charge in [0.05, 0.1) is 4.90 Å². The highest BCUT2D eigenvalue weighted by atomic mass is 32.2. The molecule has 0 aliphatic heterocycles. The smallest absolute Gasteiger partial charge is 0.243 e. The second-order valence-corrected chi connectivity index (χ2v) is 7.94. The van der Waals surface area contributed by atoms with Crippen LogP contribution in [0.2, 0.25) is 0 Å². The van der Waals surface area contributed by atoms with Crippen LogP contribution in [0.4, 0.5) is 5.82 Å². The molecule has 3 rings (SSSR count). The lowest BCUT2D eigenvalue weighted by Gasteiger charge is -2.22. The molecular weight excluding hydrogens is 286 g/mol. The van der Waals surface area contributed by atoms with E-state index in [9.17, 15) is 8.42 Å². The van der Waals surface area contributed by atoms with Crippen molar-refractivity contribution < 1.29 is 8.42 Å². The molecule has 2 saturated carbocycles. The minimum absolute atomic E-state index is 0.218. The topological polar surface area (TPSA) is 62.3 Å². The fourth-order valence-corrected chi connectivity index (χ4v) is 4.19. The van der Waals surface area contributed by atoms with Crippen molar-refractivity contribution in [1.82, 2.24) is 9.29 Å². The largest absolute Gasteiger partial charge is 0.370 e. The SMILES string of the molecule is CCCNc1cc(S(=O)(=O)N(CC2CC2)C2CC2)ccn1. The summed E-state index contributed by atoms with van der Waals surface area (Å²) >= 11 is 0. The summed E-state index contributed by atoms with van der Waals surface area (Å²) in [6.45, 7) is 3.55. The van der Waals surface area contributed by atoms with E-state index < -0.39 is 10.0 Å². The van der Waals surface area contributed by atoms with E-state index in [2.05, 4.69) is 17.2 Å². The van der Waals surface area contributed by atoms with Crippen molar-refractivity contribution in [2.75, 3.05) is 18.4 Å². The van der Waals surface area contributed by atoms with Gasteiger partial charge in [-0.05, 0) is 44.1 Å². The van der Waals surface area contributed by atoms with Gasteiger partial charge >= 0.3 is 0 Å². The van der Waals surface area contributed by atoms with Crippen LogP contribution in [0.3, 0.4) is 0 Å². The predicted molar refractivity (Wildman–Crippen MR) is 82.7 cm³/mol. The van der Waals surface area contributed by atoms with Crippen molar-refractivity contribution in [2.45, 2.75) is 50.0 Å². The Hall–Kier alpha value is -1.14. The first-order valence-electron chi connectivity index (χ1n) is 7.83. The van der Waals surface area contributed by atoms with Crippen LogP contribution in [0.5, 0.6) is 0 Å². The summed E-state index contributed by atoms with van der Waals surface area (Å²) in [5.74, 6) is 1.21. The van der Waals surface area contributed by atoms with Crippen molar-refractivity contribution in [3.63, 3.8) is 0 Å². The fourth-order valence-electron chi connectivity index (χ4n) is 2.42. The molecule has 21 heavy (non-hydrogen) atoms. The van der Waals surface area contributed by atoms with Gasteiger partial charge in [0, 0.05) is 31.4 Å². The van der Waals surface area contributed by atoms with Crippen LogP contribution in [-0.2, 0) is 10.0 Å². The lowest BCUT2D eigenvalue weighted by Crippen LogP contribution is -2.35. The Morgan fingerprint density at radius 2 is 2.10 bits per heavy atom. The summed E-state index contributed by atoms with van der Waals surface area (Å²) in [6, 6.07) is 3.48. The number of hydrogen-bond donors (Lipinski definition) is 1. The standard InChI is InChI=1S/C15H23N3O2S/c1-2-8-16-15-10-14(7-9-17-15)21(19,20)18(13-5-6-13)11-12-3-4-12/h7,9-10,12-13H,2-6,8,11H2,1H3,(H,16,17). The molecular formula is C15H23N3O2S. The van der Waals surface area contributed by atoms with Crippen LogP contribution in [0, 0.1) is 5.92 Å². The van der Waals surface area contributed by atoms with Gasteiger partial charge in [-0.1, -0.05) is 6.92 Å². The van der Waals surface area contributed by atoms with Gasteiger partial charge in [0.1, 0.15) is 5.82 Å². The Labute approximate surface area is 126 Å². The number of hydrogen-bond acceptors (Lipinski definition) is 4. The quantitative estimate of drug-likeness (QED) is 0.801. The molecule has 0 radical (unpaired) electrons. The maximum absolute atomic E-state index is 12.9. The Balaban J connectivity index is 1.81. The second kappa shape index (κ2) is 5.93. The number of pyridine rings is 1. The molecule has 116 valence electrons. The molecule has 2 fully saturated rings. The molecule has 0 amide bonds. The first-order chi connectivity index (χ1) is 10.1. The Morgan fingerprint density at radius 3 is 2.71 bits per heavy atom. The van der Waals surface area contributed by atoms with E-state index >= 15 is 0 Å². The van der Waals surface area contributed by atoms with E-state index in [0.29, 0.717) is 23.2 Å². The Morgan fingerprint density at radius 1 is 1.33 bits per heavy atom. The van der Waals surface area contributed by atoms with Crippen molar-refractivity contribution >= 4 is 15.8 Å².